The highest BCUT2D eigenvalue weighted by molar-refractivity contribution is 5.71. The van der Waals surface area contributed by atoms with Gasteiger partial charge in [0.1, 0.15) is 5.82 Å². The van der Waals surface area contributed by atoms with Gasteiger partial charge in [-0.25, -0.2) is 4.98 Å². The van der Waals surface area contributed by atoms with Gasteiger partial charge in [-0.3, -0.25) is 0 Å². The Morgan fingerprint density at radius 2 is 1.83 bits per heavy atom. The smallest absolute Gasteiger partial charge is 0.161 e. The zero-order chi connectivity index (χ0) is 15.8. The van der Waals surface area contributed by atoms with Crippen LogP contribution in [-0.4, -0.2) is 20.6 Å². The molecular weight excluding hydrogens is 284 g/mol. The van der Waals surface area contributed by atoms with Gasteiger partial charge in [0.2, 0.25) is 0 Å². The van der Waals surface area contributed by atoms with E-state index in [-0.39, 0.29) is 0 Å². The second-order valence-corrected chi connectivity index (χ2v) is 6.48. The number of aryl methyl sites for hydroxylation is 2. The maximum atomic E-state index is 4.86. The van der Waals surface area contributed by atoms with Crippen molar-refractivity contribution in [1.82, 2.24) is 14.6 Å². The topological polar surface area (TPSA) is 42.2 Å². The summed E-state index contributed by atoms with van der Waals surface area (Å²) in [5.74, 6) is 1.06. The van der Waals surface area contributed by atoms with Crippen molar-refractivity contribution in [2.45, 2.75) is 45.6 Å². The Balaban J connectivity index is 1.84. The molecule has 0 saturated heterocycles. The summed E-state index contributed by atoms with van der Waals surface area (Å²) in [6, 6.07) is 13.0. The standard InChI is InChI=1S/C19H22N4/c1-13-12-17(21-16-10-6-7-11-16)23-19(20-13)14(2)18(22-23)15-8-4-3-5-9-15/h3-5,8-9,12,16,21H,6-7,10-11H2,1-2H3. The molecule has 1 aliphatic rings. The molecule has 1 aromatic carbocycles. The van der Waals surface area contributed by atoms with Crippen molar-refractivity contribution in [2.24, 2.45) is 0 Å². The van der Waals surface area contributed by atoms with Crippen molar-refractivity contribution < 1.29 is 0 Å². The first-order chi connectivity index (χ1) is 11.2. The molecule has 2 aromatic heterocycles. The van der Waals surface area contributed by atoms with Crippen molar-refractivity contribution in [3.8, 4) is 11.3 Å². The van der Waals surface area contributed by atoms with Gasteiger partial charge in [-0.2, -0.15) is 9.61 Å². The Morgan fingerprint density at radius 1 is 1.09 bits per heavy atom. The van der Waals surface area contributed by atoms with Gasteiger partial charge in [0.25, 0.3) is 0 Å². The van der Waals surface area contributed by atoms with Gasteiger partial charge in [0, 0.05) is 28.9 Å². The maximum absolute atomic E-state index is 4.86. The van der Waals surface area contributed by atoms with Gasteiger partial charge in [0.05, 0.1) is 5.69 Å². The molecule has 4 rings (SSSR count). The molecule has 4 nitrogen and oxygen atoms in total. The minimum atomic E-state index is 0.560. The molecule has 0 aliphatic heterocycles. The lowest BCUT2D eigenvalue weighted by atomic mass is 10.1. The minimum absolute atomic E-state index is 0.560. The fourth-order valence-corrected chi connectivity index (χ4v) is 3.50. The molecule has 0 unspecified atom stereocenters. The molecule has 2 heterocycles. The summed E-state index contributed by atoms with van der Waals surface area (Å²) in [5.41, 5.74) is 5.26. The van der Waals surface area contributed by atoms with Crippen LogP contribution in [-0.2, 0) is 0 Å². The molecule has 1 N–H and O–H groups in total. The quantitative estimate of drug-likeness (QED) is 0.781. The van der Waals surface area contributed by atoms with Crippen molar-refractivity contribution in [1.29, 1.82) is 0 Å². The Hall–Kier alpha value is -2.36. The first-order valence-electron chi connectivity index (χ1n) is 8.41. The number of hydrogen-bond acceptors (Lipinski definition) is 3. The molecule has 0 atom stereocenters. The van der Waals surface area contributed by atoms with Crippen molar-refractivity contribution >= 4 is 11.5 Å². The number of nitrogens with one attached hydrogen (secondary N) is 1. The lowest BCUT2D eigenvalue weighted by molar-refractivity contribution is 0.740. The Kier molecular flexibility index (Phi) is 3.52. The van der Waals surface area contributed by atoms with Crippen LogP contribution in [0.5, 0.6) is 0 Å². The zero-order valence-electron chi connectivity index (χ0n) is 13.7. The van der Waals surface area contributed by atoms with Gasteiger partial charge in [-0.1, -0.05) is 43.2 Å². The average Bonchev–Trinajstić information content (AvgIpc) is 3.17. The lowest BCUT2D eigenvalue weighted by Gasteiger charge is -2.14. The highest BCUT2D eigenvalue weighted by atomic mass is 15.3. The number of anilines is 1. The van der Waals surface area contributed by atoms with Crippen LogP contribution in [0.2, 0.25) is 0 Å². The minimum Gasteiger partial charge on any atom is -0.367 e. The molecule has 4 heteroatoms. The Bertz CT molecular complexity index is 829. The van der Waals surface area contributed by atoms with E-state index in [1.54, 1.807) is 0 Å². The van der Waals surface area contributed by atoms with E-state index in [4.69, 9.17) is 10.1 Å². The third kappa shape index (κ3) is 2.58. The Morgan fingerprint density at radius 3 is 2.57 bits per heavy atom. The molecular formula is C19H22N4. The number of rotatable bonds is 3. The SMILES string of the molecule is Cc1cc(NC2CCCC2)n2nc(-c3ccccc3)c(C)c2n1. The third-order valence-electron chi connectivity index (χ3n) is 4.70. The number of fused-ring (bicyclic) bond motifs is 1. The van der Waals surface area contributed by atoms with Gasteiger partial charge in [-0.05, 0) is 26.7 Å². The molecule has 1 fully saturated rings. The summed E-state index contributed by atoms with van der Waals surface area (Å²) in [5, 5.41) is 8.53. The summed E-state index contributed by atoms with van der Waals surface area (Å²) in [7, 11) is 0. The summed E-state index contributed by atoms with van der Waals surface area (Å²) in [6.45, 7) is 4.16. The molecule has 0 amide bonds. The van der Waals surface area contributed by atoms with Crippen LogP contribution in [0.15, 0.2) is 36.4 Å². The van der Waals surface area contributed by atoms with Crippen LogP contribution >= 0.6 is 0 Å². The largest absolute Gasteiger partial charge is 0.367 e. The summed E-state index contributed by atoms with van der Waals surface area (Å²) < 4.78 is 1.98. The van der Waals surface area contributed by atoms with Crippen molar-refractivity contribution in [3.63, 3.8) is 0 Å². The predicted molar refractivity (Wildman–Crippen MR) is 93.8 cm³/mol. The van der Waals surface area contributed by atoms with Crippen molar-refractivity contribution in [2.75, 3.05) is 5.32 Å². The maximum Gasteiger partial charge on any atom is 0.161 e. The van der Waals surface area contributed by atoms with Crippen LogP contribution in [0, 0.1) is 13.8 Å². The van der Waals surface area contributed by atoms with Gasteiger partial charge >= 0.3 is 0 Å². The van der Waals surface area contributed by atoms with Gasteiger partial charge in [-0.15, -0.1) is 0 Å². The van der Waals surface area contributed by atoms with Crippen LogP contribution in [0.3, 0.4) is 0 Å². The fraction of sp³-hybridized carbons (Fsp3) is 0.368. The summed E-state index contributed by atoms with van der Waals surface area (Å²) in [4.78, 5) is 4.72. The summed E-state index contributed by atoms with van der Waals surface area (Å²) in [6.07, 6.45) is 5.12. The van der Waals surface area contributed by atoms with E-state index < -0.39 is 0 Å². The molecule has 23 heavy (non-hydrogen) atoms. The monoisotopic (exact) mass is 306 g/mol. The number of benzene rings is 1. The second kappa shape index (κ2) is 5.69. The summed E-state index contributed by atoms with van der Waals surface area (Å²) >= 11 is 0. The van der Waals surface area contributed by atoms with E-state index in [1.165, 1.54) is 25.7 Å². The molecule has 1 saturated carbocycles. The lowest BCUT2D eigenvalue weighted by Crippen LogP contribution is -2.17. The van der Waals surface area contributed by atoms with E-state index in [1.807, 2.05) is 10.6 Å². The molecule has 0 radical (unpaired) electrons. The van der Waals surface area contributed by atoms with E-state index >= 15 is 0 Å². The first-order valence-corrected chi connectivity index (χ1v) is 8.41. The normalized spacial score (nSPS) is 15.4. The molecule has 0 spiro atoms. The van der Waals surface area contributed by atoms with Crippen LogP contribution < -0.4 is 5.32 Å². The van der Waals surface area contributed by atoms with E-state index in [0.29, 0.717) is 6.04 Å². The Labute approximate surface area is 136 Å². The number of nitrogens with zero attached hydrogens (tertiary/aromatic N) is 3. The van der Waals surface area contributed by atoms with Crippen LogP contribution in [0.25, 0.3) is 16.9 Å². The van der Waals surface area contributed by atoms with E-state index in [9.17, 15) is 0 Å². The van der Waals surface area contributed by atoms with Gasteiger partial charge in [0.15, 0.2) is 5.65 Å². The van der Waals surface area contributed by atoms with E-state index in [2.05, 4.69) is 49.5 Å². The molecule has 1 aliphatic carbocycles. The van der Waals surface area contributed by atoms with Crippen LogP contribution in [0.4, 0.5) is 5.82 Å². The predicted octanol–water partition coefficient (Wildman–Crippen LogP) is 4.37. The molecule has 0 bridgehead atoms. The van der Waals surface area contributed by atoms with Crippen LogP contribution in [0.1, 0.15) is 36.9 Å². The van der Waals surface area contributed by atoms with Gasteiger partial charge < -0.3 is 5.32 Å². The highest BCUT2D eigenvalue weighted by Gasteiger charge is 2.19. The average molecular weight is 306 g/mol. The number of aromatic nitrogens is 3. The fourth-order valence-electron chi connectivity index (χ4n) is 3.50. The van der Waals surface area contributed by atoms with Crippen molar-refractivity contribution in [3.05, 3.63) is 47.7 Å². The zero-order valence-corrected chi connectivity index (χ0v) is 13.7. The highest BCUT2D eigenvalue weighted by Crippen LogP contribution is 2.28. The molecule has 3 aromatic rings. The van der Waals surface area contributed by atoms with E-state index in [0.717, 1.165) is 34.0 Å². The first kappa shape index (κ1) is 14.2. The number of hydrogen-bond donors (Lipinski definition) is 1. The molecule has 118 valence electrons. The second-order valence-electron chi connectivity index (χ2n) is 6.48. The third-order valence-corrected chi connectivity index (χ3v) is 4.70.